The summed E-state index contributed by atoms with van der Waals surface area (Å²) in [6.45, 7) is 9.87. The van der Waals surface area contributed by atoms with Crippen molar-refractivity contribution in [3.63, 3.8) is 0 Å². The van der Waals surface area contributed by atoms with Crippen LogP contribution in [0.15, 0.2) is 54.6 Å². The van der Waals surface area contributed by atoms with Gasteiger partial charge < -0.3 is 14.5 Å². The molecule has 2 aromatic carbocycles. The van der Waals surface area contributed by atoms with E-state index in [-0.39, 0.29) is 0 Å². The van der Waals surface area contributed by atoms with Gasteiger partial charge in [0.25, 0.3) is 0 Å². The summed E-state index contributed by atoms with van der Waals surface area (Å²) in [5, 5.41) is 2.50. The van der Waals surface area contributed by atoms with Crippen LogP contribution in [0.4, 0.5) is 11.5 Å². The normalized spacial score (nSPS) is 14.9. The molecule has 30 heavy (non-hydrogen) atoms. The monoisotopic (exact) mass is 420 g/mol. The van der Waals surface area contributed by atoms with E-state index in [1.807, 2.05) is 0 Å². The van der Waals surface area contributed by atoms with Gasteiger partial charge in [-0.2, -0.15) is 0 Å². The van der Waals surface area contributed by atoms with E-state index >= 15 is 0 Å². The average molecular weight is 421 g/mol. The maximum absolute atomic E-state index is 5.14. The van der Waals surface area contributed by atoms with Crippen LogP contribution in [-0.2, 0) is 0 Å². The topological polar surface area (TPSA) is 31.4 Å². The van der Waals surface area contributed by atoms with Gasteiger partial charge in [-0.3, -0.25) is 0 Å². The van der Waals surface area contributed by atoms with Crippen LogP contribution in [0.25, 0.3) is 22.0 Å². The van der Waals surface area contributed by atoms with Crippen molar-refractivity contribution in [2.45, 2.75) is 26.7 Å². The zero-order valence-electron chi connectivity index (χ0n) is 18.1. The van der Waals surface area contributed by atoms with Gasteiger partial charge in [-0.05, 0) is 36.6 Å². The Bertz CT molecular complexity index is 949. The number of pyridine rings is 1. The van der Waals surface area contributed by atoms with Gasteiger partial charge in [0.05, 0.1) is 5.69 Å². The maximum atomic E-state index is 5.14. The van der Waals surface area contributed by atoms with Gasteiger partial charge in [0.15, 0.2) is 0 Å². The number of hydrogen-bond donors (Lipinski definition) is 1. The third kappa shape index (κ3) is 4.90. The molecule has 0 atom stereocenters. The van der Waals surface area contributed by atoms with E-state index in [2.05, 4.69) is 83.0 Å². The van der Waals surface area contributed by atoms with Crippen molar-refractivity contribution in [3.8, 4) is 11.3 Å². The Morgan fingerprint density at radius 2 is 1.73 bits per heavy atom. The van der Waals surface area contributed by atoms with Gasteiger partial charge in [0.2, 0.25) is 0 Å². The Hall–Kier alpha value is -2.24. The van der Waals surface area contributed by atoms with E-state index in [1.54, 1.807) is 11.9 Å². The molecular formula is C25H32N4S. The first-order valence-corrected chi connectivity index (χ1v) is 12.1. The second-order valence-corrected chi connectivity index (χ2v) is 8.76. The highest BCUT2D eigenvalue weighted by Gasteiger charge is 2.19. The molecule has 5 heteroatoms. The fraction of sp³-hybridized carbons (Fsp3) is 0.400. The van der Waals surface area contributed by atoms with Gasteiger partial charge in [-0.25, -0.2) is 4.98 Å². The van der Waals surface area contributed by atoms with Crippen molar-refractivity contribution in [1.82, 2.24) is 9.88 Å². The van der Waals surface area contributed by atoms with Crippen LogP contribution in [0, 0.1) is 0 Å². The summed E-state index contributed by atoms with van der Waals surface area (Å²) in [6, 6.07) is 19.5. The molecule has 0 bridgehead atoms. The van der Waals surface area contributed by atoms with E-state index in [4.69, 9.17) is 4.98 Å². The number of nitrogens with one attached hydrogen (secondary N) is 1. The molecule has 1 aliphatic heterocycles. The maximum Gasteiger partial charge on any atom is 0.137 e. The molecule has 1 saturated heterocycles. The second-order valence-electron chi connectivity index (χ2n) is 7.85. The first-order chi connectivity index (χ1) is 14.8. The lowest BCUT2D eigenvalue weighted by Gasteiger charge is -2.35. The molecule has 3 aromatic rings. The van der Waals surface area contributed by atoms with Crippen LogP contribution in [0.3, 0.4) is 0 Å². The molecule has 0 amide bonds. The third-order valence-electron chi connectivity index (χ3n) is 5.81. The van der Waals surface area contributed by atoms with E-state index in [1.165, 1.54) is 29.2 Å². The molecule has 2 heterocycles. The Morgan fingerprint density at radius 1 is 0.967 bits per heavy atom. The van der Waals surface area contributed by atoms with Gasteiger partial charge >= 0.3 is 0 Å². The van der Waals surface area contributed by atoms with Gasteiger partial charge in [-0.1, -0.05) is 68.6 Å². The van der Waals surface area contributed by atoms with E-state index in [9.17, 15) is 0 Å². The Morgan fingerprint density at radius 3 is 2.47 bits per heavy atom. The van der Waals surface area contributed by atoms with Crippen molar-refractivity contribution in [2.24, 2.45) is 0 Å². The van der Waals surface area contributed by atoms with Crippen molar-refractivity contribution >= 4 is 34.2 Å². The molecule has 1 fully saturated rings. The number of unbranched alkanes of at least 4 members (excludes halogenated alkanes) is 1. The fourth-order valence-electron chi connectivity index (χ4n) is 3.91. The number of aromatic nitrogens is 1. The van der Waals surface area contributed by atoms with Gasteiger partial charge in [-0.15, -0.1) is 0 Å². The predicted octanol–water partition coefficient (Wildman–Crippen LogP) is 5.90. The van der Waals surface area contributed by atoms with Crippen LogP contribution in [-0.4, -0.2) is 48.4 Å². The molecule has 1 aromatic heterocycles. The highest BCUT2D eigenvalue weighted by molar-refractivity contribution is 8.00. The first-order valence-electron chi connectivity index (χ1n) is 11.1. The lowest BCUT2D eigenvalue weighted by Crippen LogP contribution is -2.46. The number of likely N-dealkylation sites (N-methyl/N-ethyl adjacent to an activating group) is 1. The molecule has 0 aliphatic carbocycles. The average Bonchev–Trinajstić information content (AvgIpc) is 2.81. The lowest BCUT2D eigenvalue weighted by atomic mass is 10.1. The molecule has 158 valence electrons. The second kappa shape index (κ2) is 10.2. The summed E-state index contributed by atoms with van der Waals surface area (Å²) < 4.78 is 3.44. The van der Waals surface area contributed by atoms with Crippen molar-refractivity contribution < 1.29 is 0 Å². The minimum Gasteiger partial charge on any atom is -0.354 e. The van der Waals surface area contributed by atoms with Gasteiger partial charge in [0.1, 0.15) is 5.82 Å². The van der Waals surface area contributed by atoms with Crippen LogP contribution in [0.2, 0.25) is 0 Å². The van der Waals surface area contributed by atoms with E-state index in [0.717, 1.165) is 55.7 Å². The van der Waals surface area contributed by atoms with E-state index < -0.39 is 0 Å². The summed E-state index contributed by atoms with van der Waals surface area (Å²) in [5.74, 6) is 2.26. The van der Waals surface area contributed by atoms with Crippen LogP contribution in [0.1, 0.15) is 26.7 Å². The molecule has 0 saturated carbocycles. The zero-order chi connectivity index (χ0) is 20.8. The smallest absolute Gasteiger partial charge is 0.137 e. The number of fused-ring (bicyclic) bond motifs is 1. The highest BCUT2D eigenvalue weighted by atomic mass is 32.2. The summed E-state index contributed by atoms with van der Waals surface area (Å²) in [5.41, 5.74) is 3.36. The molecule has 4 rings (SSSR count). The van der Waals surface area contributed by atoms with Crippen molar-refractivity contribution in [3.05, 3.63) is 54.6 Å². The molecule has 1 aliphatic rings. The third-order valence-corrected chi connectivity index (χ3v) is 6.68. The number of hydrogen-bond acceptors (Lipinski definition) is 5. The Kier molecular flexibility index (Phi) is 7.13. The summed E-state index contributed by atoms with van der Waals surface area (Å²) >= 11 is 1.78. The minimum absolute atomic E-state index is 1.03. The number of piperazine rings is 1. The molecule has 1 N–H and O–H groups in total. The fourth-order valence-corrected chi connectivity index (χ4v) is 4.74. The van der Waals surface area contributed by atoms with Crippen LogP contribution in [0.5, 0.6) is 0 Å². The number of rotatable bonds is 8. The SMILES string of the molecule is CCCCSNc1ccc(-c2cc3ccccc3c(N3CCN(CC)CC3)n2)cc1. The number of anilines is 2. The zero-order valence-corrected chi connectivity index (χ0v) is 18.9. The number of nitrogens with zero attached hydrogens (tertiary/aromatic N) is 3. The Labute approximate surface area is 184 Å². The standard InChI is InChI=1S/C25H32N4S/c1-3-5-18-30-27-22-12-10-20(11-13-22)24-19-21-8-6-7-9-23(21)25(26-24)29-16-14-28(4-2)15-17-29/h6-13,19,27H,3-5,14-18H2,1-2H3. The van der Waals surface area contributed by atoms with Crippen molar-refractivity contribution in [1.29, 1.82) is 0 Å². The van der Waals surface area contributed by atoms with Crippen molar-refractivity contribution in [2.75, 3.05) is 48.1 Å². The van der Waals surface area contributed by atoms with Crippen LogP contribution < -0.4 is 9.62 Å². The molecule has 0 unspecified atom stereocenters. The molecule has 0 spiro atoms. The Balaban J connectivity index is 1.59. The van der Waals surface area contributed by atoms with E-state index in [0.29, 0.717) is 0 Å². The molecular weight excluding hydrogens is 388 g/mol. The lowest BCUT2D eigenvalue weighted by molar-refractivity contribution is 0.271. The quantitative estimate of drug-likeness (QED) is 0.362. The molecule has 4 nitrogen and oxygen atoms in total. The highest BCUT2D eigenvalue weighted by Crippen LogP contribution is 2.31. The summed E-state index contributed by atoms with van der Waals surface area (Å²) in [7, 11) is 0. The number of benzene rings is 2. The first kappa shape index (κ1) is 21.0. The van der Waals surface area contributed by atoms with Gasteiger partial charge in [0, 0.05) is 48.6 Å². The summed E-state index contributed by atoms with van der Waals surface area (Å²) in [6.07, 6.45) is 2.48. The predicted molar refractivity (Wildman–Crippen MR) is 132 cm³/mol. The molecule has 0 radical (unpaired) electrons. The minimum atomic E-state index is 1.03. The largest absolute Gasteiger partial charge is 0.354 e. The summed E-state index contributed by atoms with van der Waals surface area (Å²) in [4.78, 5) is 10.1. The van der Waals surface area contributed by atoms with Crippen LogP contribution >= 0.6 is 11.9 Å².